The van der Waals surface area contributed by atoms with Crippen molar-refractivity contribution in [1.29, 1.82) is 0 Å². The lowest BCUT2D eigenvalue weighted by Gasteiger charge is -2.23. The maximum atomic E-state index is 12.6. The Balaban J connectivity index is 1.47. The van der Waals surface area contributed by atoms with Gasteiger partial charge in [-0.15, -0.1) is 0 Å². The molecule has 0 aromatic heterocycles. The fourth-order valence-corrected chi connectivity index (χ4v) is 2.96. The number of carbonyl (C=O) groups excluding carboxylic acids is 3. The number of hydrazone groups is 1. The Morgan fingerprint density at radius 1 is 0.929 bits per heavy atom. The van der Waals surface area contributed by atoms with Crippen molar-refractivity contribution in [3.05, 3.63) is 54.6 Å². The number of carbonyl (C=O) groups is 3. The average molecular weight is 376 g/mol. The van der Waals surface area contributed by atoms with Crippen molar-refractivity contribution < 1.29 is 14.4 Å². The monoisotopic (exact) mass is 376 g/mol. The summed E-state index contributed by atoms with van der Waals surface area (Å²) in [6.45, 7) is 0. The highest BCUT2D eigenvalue weighted by Crippen LogP contribution is 2.30. The van der Waals surface area contributed by atoms with E-state index in [2.05, 4.69) is 15.7 Å². The predicted octanol–water partition coefficient (Wildman–Crippen LogP) is 3.16. The molecule has 0 unspecified atom stereocenters. The molecule has 7 nitrogen and oxygen atoms in total. The lowest BCUT2D eigenvalue weighted by atomic mass is 10.1. The molecule has 142 valence electrons. The van der Waals surface area contributed by atoms with E-state index < -0.39 is 0 Å². The van der Waals surface area contributed by atoms with Gasteiger partial charge < -0.3 is 10.6 Å². The van der Waals surface area contributed by atoms with Crippen LogP contribution in [0.3, 0.4) is 0 Å². The largest absolute Gasteiger partial charge is 0.326 e. The highest BCUT2D eigenvalue weighted by atomic mass is 16.2. The molecule has 1 aliphatic heterocycles. The molecule has 7 heteroatoms. The van der Waals surface area contributed by atoms with Crippen LogP contribution < -0.4 is 15.6 Å². The summed E-state index contributed by atoms with van der Waals surface area (Å²) in [5.74, 6) is -0.389. The number of amides is 3. The molecule has 28 heavy (non-hydrogen) atoms. The van der Waals surface area contributed by atoms with Crippen LogP contribution in [0.2, 0.25) is 0 Å². The van der Waals surface area contributed by atoms with E-state index >= 15 is 0 Å². The third-order valence-electron chi connectivity index (χ3n) is 4.63. The molecule has 0 bridgehead atoms. The fraction of sp³-hybridized carbons (Fsp3) is 0.238. The first kappa shape index (κ1) is 17.9. The van der Waals surface area contributed by atoms with E-state index in [1.807, 2.05) is 18.2 Å². The molecule has 4 rings (SSSR count). The van der Waals surface area contributed by atoms with Gasteiger partial charge in [-0.2, -0.15) is 5.10 Å². The zero-order chi connectivity index (χ0) is 19.5. The summed E-state index contributed by atoms with van der Waals surface area (Å²) in [5, 5.41) is 11.2. The summed E-state index contributed by atoms with van der Waals surface area (Å²) in [5.41, 5.74) is 2.11. The van der Waals surface area contributed by atoms with Gasteiger partial charge in [-0.1, -0.05) is 24.3 Å². The van der Waals surface area contributed by atoms with Crippen LogP contribution in [0.4, 0.5) is 17.1 Å². The van der Waals surface area contributed by atoms with Gasteiger partial charge in [-0.3, -0.25) is 14.4 Å². The number of para-hydroxylation sites is 1. The second-order valence-electron chi connectivity index (χ2n) is 6.89. The van der Waals surface area contributed by atoms with Crippen LogP contribution in [0.15, 0.2) is 59.7 Å². The van der Waals surface area contributed by atoms with E-state index in [1.54, 1.807) is 36.4 Å². The third kappa shape index (κ3) is 4.09. The van der Waals surface area contributed by atoms with Gasteiger partial charge in [0, 0.05) is 30.1 Å². The quantitative estimate of drug-likeness (QED) is 0.840. The van der Waals surface area contributed by atoms with E-state index in [0.717, 1.165) is 12.8 Å². The highest BCUT2D eigenvalue weighted by molar-refractivity contribution is 6.44. The SMILES string of the molecule is O=C(Nc1cccc(NC(=O)C2CC2)c1)C1=NN(c2ccccc2)C(=O)CC1. The normalized spacial score (nSPS) is 16.4. The van der Waals surface area contributed by atoms with Gasteiger partial charge in [-0.25, -0.2) is 5.01 Å². The molecule has 0 saturated heterocycles. The van der Waals surface area contributed by atoms with Gasteiger partial charge in [0.2, 0.25) is 11.8 Å². The van der Waals surface area contributed by atoms with Gasteiger partial charge in [0.05, 0.1) is 5.69 Å². The smallest absolute Gasteiger partial charge is 0.271 e. The molecule has 1 fully saturated rings. The van der Waals surface area contributed by atoms with Gasteiger partial charge >= 0.3 is 0 Å². The maximum absolute atomic E-state index is 12.6. The molecule has 0 atom stereocenters. The standard InChI is InChI=1S/C21H20N4O3/c26-19-12-11-18(24-25(19)17-7-2-1-3-8-17)21(28)23-16-6-4-5-15(13-16)22-20(27)14-9-10-14/h1-8,13-14H,9-12H2,(H,22,27)(H,23,28). The number of rotatable bonds is 5. The van der Waals surface area contributed by atoms with E-state index in [-0.39, 0.29) is 42.2 Å². The van der Waals surface area contributed by atoms with Crippen molar-refractivity contribution >= 4 is 40.5 Å². The summed E-state index contributed by atoms with van der Waals surface area (Å²) in [4.78, 5) is 36.7. The first-order valence-electron chi connectivity index (χ1n) is 9.28. The maximum Gasteiger partial charge on any atom is 0.271 e. The van der Waals surface area contributed by atoms with Crippen molar-refractivity contribution in [3.63, 3.8) is 0 Å². The van der Waals surface area contributed by atoms with E-state index in [9.17, 15) is 14.4 Å². The number of hydrogen-bond acceptors (Lipinski definition) is 4. The second-order valence-corrected chi connectivity index (χ2v) is 6.89. The van der Waals surface area contributed by atoms with Gasteiger partial charge in [0.1, 0.15) is 5.71 Å². The van der Waals surface area contributed by atoms with Crippen LogP contribution in [0.5, 0.6) is 0 Å². The topological polar surface area (TPSA) is 90.9 Å². The lowest BCUT2D eigenvalue weighted by molar-refractivity contribution is -0.119. The zero-order valence-electron chi connectivity index (χ0n) is 15.2. The van der Waals surface area contributed by atoms with E-state index in [1.165, 1.54) is 5.01 Å². The minimum atomic E-state index is -0.362. The van der Waals surface area contributed by atoms with Crippen molar-refractivity contribution in [2.24, 2.45) is 11.0 Å². The molecule has 1 saturated carbocycles. The zero-order valence-corrected chi connectivity index (χ0v) is 15.2. The molecule has 2 aliphatic rings. The van der Waals surface area contributed by atoms with Gasteiger partial charge in [0.15, 0.2) is 0 Å². The molecule has 2 N–H and O–H groups in total. The minimum absolute atomic E-state index is 0.0112. The lowest BCUT2D eigenvalue weighted by Crippen LogP contribution is -2.36. The molecule has 2 aromatic carbocycles. The van der Waals surface area contributed by atoms with E-state index in [0.29, 0.717) is 17.1 Å². The Bertz CT molecular complexity index is 951. The van der Waals surface area contributed by atoms with Crippen LogP contribution in [0.1, 0.15) is 25.7 Å². The minimum Gasteiger partial charge on any atom is -0.326 e. The Morgan fingerprint density at radius 3 is 2.36 bits per heavy atom. The van der Waals surface area contributed by atoms with Crippen molar-refractivity contribution in [2.45, 2.75) is 25.7 Å². The number of benzene rings is 2. The number of anilines is 3. The number of hydrogen-bond donors (Lipinski definition) is 2. The summed E-state index contributed by atoms with van der Waals surface area (Å²) in [7, 11) is 0. The Hall–Kier alpha value is -3.48. The Morgan fingerprint density at radius 2 is 1.64 bits per heavy atom. The summed E-state index contributed by atoms with van der Waals surface area (Å²) in [6, 6.07) is 16.0. The first-order chi connectivity index (χ1) is 13.6. The summed E-state index contributed by atoms with van der Waals surface area (Å²) < 4.78 is 0. The van der Waals surface area contributed by atoms with Gasteiger partial charge in [0.25, 0.3) is 5.91 Å². The molecule has 1 heterocycles. The summed E-state index contributed by atoms with van der Waals surface area (Å²) >= 11 is 0. The van der Waals surface area contributed by atoms with Crippen molar-refractivity contribution in [1.82, 2.24) is 0 Å². The van der Waals surface area contributed by atoms with Crippen LogP contribution >= 0.6 is 0 Å². The van der Waals surface area contributed by atoms with Gasteiger partial charge in [-0.05, 0) is 43.2 Å². The van der Waals surface area contributed by atoms with Crippen LogP contribution in [-0.2, 0) is 14.4 Å². The molecular formula is C21H20N4O3. The van der Waals surface area contributed by atoms with Crippen LogP contribution in [0.25, 0.3) is 0 Å². The fourth-order valence-electron chi connectivity index (χ4n) is 2.96. The Kier molecular flexibility index (Phi) is 4.89. The first-order valence-corrected chi connectivity index (χ1v) is 9.28. The molecule has 0 radical (unpaired) electrons. The highest BCUT2D eigenvalue weighted by Gasteiger charge is 2.29. The van der Waals surface area contributed by atoms with Crippen LogP contribution in [0, 0.1) is 5.92 Å². The van der Waals surface area contributed by atoms with Crippen molar-refractivity contribution in [2.75, 3.05) is 15.6 Å². The van der Waals surface area contributed by atoms with Crippen LogP contribution in [-0.4, -0.2) is 23.4 Å². The van der Waals surface area contributed by atoms with E-state index in [4.69, 9.17) is 0 Å². The number of nitrogens with one attached hydrogen (secondary N) is 2. The van der Waals surface area contributed by atoms with Crippen molar-refractivity contribution in [3.8, 4) is 0 Å². The average Bonchev–Trinajstić information content (AvgIpc) is 3.55. The Labute approximate surface area is 162 Å². The third-order valence-corrected chi connectivity index (χ3v) is 4.63. The second kappa shape index (κ2) is 7.64. The predicted molar refractivity (Wildman–Crippen MR) is 107 cm³/mol. The molecule has 3 amide bonds. The molecule has 1 aliphatic carbocycles. The molecule has 0 spiro atoms. The summed E-state index contributed by atoms with van der Waals surface area (Å²) in [6.07, 6.45) is 2.36. The molecular weight excluding hydrogens is 356 g/mol. The molecule has 2 aromatic rings. The number of nitrogens with zero attached hydrogens (tertiary/aromatic N) is 2.